The maximum Gasteiger partial charge on any atom is 0.265 e. The molecule has 0 fully saturated rings. The number of carbonyl (C=O) groups is 1. The van der Waals surface area contributed by atoms with Crippen molar-refractivity contribution in [1.82, 2.24) is 0 Å². The second kappa shape index (κ2) is 8.43. The zero-order chi connectivity index (χ0) is 16.5. The highest BCUT2D eigenvalue weighted by Gasteiger charge is 2.04. The zero-order valence-electron chi connectivity index (χ0n) is 13.0. The quantitative estimate of drug-likeness (QED) is 0.630. The summed E-state index contributed by atoms with van der Waals surface area (Å²) in [7, 11) is 3.13. The van der Waals surface area contributed by atoms with Crippen molar-refractivity contribution < 1.29 is 19.1 Å². The van der Waals surface area contributed by atoms with E-state index in [4.69, 9.17) is 14.3 Å². The molecule has 0 aliphatic carbocycles. The largest absolute Gasteiger partial charge is 0.493 e. The molecule has 0 saturated heterocycles. The number of anilines is 1. The van der Waals surface area contributed by atoms with E-state index in [0.717, 1.165) is 5.56 Å². The molecule has 120 valence electrons. The Labute approximate surface area is 134 Å². The first-order chi connectivity index (χ1) is 11.2. The fourth-order valence-corrected chi connectivity index (χ4v) is 1.85. The Hall–Kier alpha value is -3.02. The van der Waals surface area contributed by atoms with Gasteiger partial charge in [0.05, 0.1) is 20.4 Å². The first-order valence-corrected chi connectivity index (χ1v) is 6.95. The van der Waals surface area contributed by atoms with Crippen LogP contribution in [0.2, 0.25) is 0 Å². The van der Waals surface area contributed by atoms with Gasteiger partial charge in [0.1, 0.15) is 0 Å². The van der Waals surface area contributed by atoms with Gasteiger partial charge in [-0.2, -0.15) is 0 Å². The summed E-state index contributed by atoms with van der Waals surface area (Å²) in [6.07, 6.45) is 1.50. The van der Waals surface area contributed by atoms with Crippen molar-refractivity contribution in [2.24, 2.45) is 5.16 Å². The van der Waals surface area contributed by atoms with Crippen LogP contribution in [0.4, 0.5) is 5.69 Å². The standard InChI is InChI=1S/C17H18N2O4/c1-21-15-9-8-13(10-16(15)22-2)11-18-23-12-17(20)19-14-6-4-3-5-7-14/h3-11H,12H2,1-2H3,(H,19,20)/b18-11+. The molecule has 0 bridgehead atoms. The van der Waals surface area contributed by atoms with Crippen molar-refractivity contribution in [2.45, 2.75) is 0 Å². The van der Waals surface area contributed by atoms with Gasteiger partial charge in [0.25, 0.3) is 5.91 Å². The average Bonchev–Trinajstić information content (AvgIpc) is 2.59. The maximum atomic E-state index is 11.7. The molecular formula is C17H18N2O4. The lowest BCUT2D eigenvalue weighted by Crippen LogP contribution is -2.16. The van der Waals surface area contributed by atoms with E-state index in [1.165, 1.54) is 6.21 Å². The van der Waals surface area contributed by atoms with Crippen LogP contribution in [-0.4, -0.2) is 32.9 Å². The Morgan fingerprint density at radius 2 is 1.83 bits per heavy atom. The topological polar surface area (TPSA) is 69.2 Å². The van der Waals surface area contributed by atoms with Crippen molar-refractivity contribution in [3.05, 3.63) is 54.1 Å². The molecule has 23 heavy (non-hydrogen) atoms. The van der Waals surface area contributed by atoms with Crippen LogP contribution in [0.25, 0.3) is 0 Å². The molecule has 2 aromatic carbocycles. The van der Waals surface area contributed by atoms with Gasteiger partial charge in [-0.05, 0) is 30.3 Å². The minimum absolute atomic E-state index is 0.168. The Morgan fingerprint density at radius 3 is 2.52 bits per heavy atom. The maximum absolute atomic E-state index is 11.7. The molecule has 1 amide bonds. The second-order valence-electron chi connectivity index (χ2n) is 4.54. The molecule has 2 rings (SSSR count). The zero-order valence-corrected chi connectivity index (χ0v) is 13.0. The highest BCUT2D eigenvalue weighted by Crippen LogP contribution is 2.26. The second-order valence-corrected chi connectivity index (χ2v) is 4.54. The van der Waals surface area contributed by atoms with Gasteiger partial charge in [0, 0.05) is 11.3 Å². The third kappa shape index (κ3) is 5.03. The van der Waals surface area contributed by atoms with Gasteiger partial charge in [-0.1, -0.05) is 23.4 Å². The third-order valence-electron chi connectivity index (χ3n) is 2.94. The van der Waals surface area contributed by atoms with Gasteiger partial charge in [-0.15, -0.1) is 0 Å². The van der Waals surface area contributed by atoms with Crippen LogP contribution in [0.3, 0.4) is 0 Å². The van der Waals surface area contributed by atoms with Crippen LogP contribution in [0.15, 0.2) is 53.7 Å². The number of hydrogen-bond acceptors (Lipinski definition) is 5. The summed E-state index contributed by atoms with van der Waals surface area (Å²) in [6.45, 7) is -0.168. The lowest BCUT2D eigenvalue weighted by molar-refractivity contribution is -0.120. The Bertz CT molecular complexity index is 672. The first-order valence-electron chi connectivity index (χ1n) is 6.95. The van der Waals surface area contributed by atoms with Crippen LogP contribution < -0.4 is 14.8 Å². The average molecular weight is 314 g/mol. The van der Waals surface area contributed by atoms with Crippen LogP contribution in [-0.2, 0) is 9.63 Å². The summed E-state index contributed by atoms with van der Waals surface area (Å²) >= 11 is 0. The van der Waals surface area contributed by atoms with Gasteiger partial charge < -0.3 is 19.6 Å². The lowest BCUT2D eigenvalue weighted by atomic mass is 10.2. The monoisotopic (exact) mass is 314 g/mol. The Morgan fingerprint density at radius 1 is 1.09 bits per heavy atom. The number of nitrogens with one attached hydrogen (secondary N) is 1. The molecule has 0 atom stereocenters. The third-order valence-corrected chi connectivity index (χ3v) is 2.94. The number of oxime groups is 1. The van der Waals surface area contributed by atoms with Crippen LogP contribution in [0.1, 0.15) is 5.56 Å². The smallest absolute Gasteiger partial charge is 0.265 e. The number of amides is 1. The van der Waals surface area contributed by atoms with Crippen molar-refractivity contribution in [2.75, 3.05) is 26.1 Å². The number of rotatable bonds is 7. The number of ether oxygens (including phenoxy) is 2. The fourth-order valence-electron chi connectivity index (χ4n) is 1.85. The lowest BCUT2D eigenvalue weighted by Gasteiger charge is -2.07. The molecule has 0 radical (unpaired) electrons. The van der Waals surface area contributed by atoms with E-state index in [0.29, 0.717) is 17.2 Å². The highest BCUT2D eigenvalue weighted by atomic mass is 16.6. The highest BCUT2D eigenvalue weighted by molar-refractivity contribution is 5.91. The Kier molecular flexibility index (Phi) is 5.99. The van der Waals surface area contributed by atoms with Gasteiger partial charge >= 0.3 is 0 Å². The summed E-state index contributed by atoms with van der Waals surface area (Å²) in [5.74, 6) is 0.951. The predicted molar refractivity (Wildman–Crippen MR) is 88.2 cm³/mol. The number of carbonyl (C=O) groups excluding carboxylic acids is 1. The number of nitrogens with zero attached hydrogens (tertiary/aromatic N) is 1. The van der Waals surface area contributed by atoms with Gasteiger partial charge in [0.2, 0.25) is 0 Å². The SMILES string of the molecule is COc1ccc(/C=N/OCC(=O)Nc2ccccc2)cc1OC. The number of benzene rings is 2. The van der Waals surface area contributed by atoms with E-state index in [-0.39, 0.29) is 12.5 Å². The van der Waals surface area contributed by atoms with Gasteiger partial charge in [0.15, 0.2) is 18.1 Å². The number of methoxy groups -OCH3 is 2. The van der Waals surface area contributed by atoms with Crippen LogP contribution in [0, 0.1) is 0 Å². The van der Waals surface area contributed by atoms with Crippen molar-refractivity contribution >= 4 is 17.8 Å². The number of hydrogen-bond donors (Lipinski definition) is 1. The summed E-state index contributed by atoms with van der Waals surface area (Å²) in [4.78, 5) is 16.6. The molecule has 0 saturated carbocycles. The van der Waals surface area contributed by atoms with E-state index in [1.54, 1.807) is 44.6 Å². The van der Waals surface area contributed by atoms with Crippen LogP contribution >= 0.6 is 0 Å². The van der Waals surface area contributed by atoms with Gasteiger partial charge in [-0.3, -0.25) is 4.79 Å². The predicted octanol–water partition coefficient (Wildman–Crippen LogP) is 2.69. The van der Waals surface area contributed by atoms with Crippen molar-refractivity contribution in [1.29, 1.82) is 0 Å². The summed E-state index contributed by atoms with van der Waals surface area (Å²) in [5.41, 5.74) is 1.48. The molecule has 0 spiro atoms. The first kappa shape index (κ1) is 16.4. The fraction of sp³-hybridized carbons (Fsp3) is 0.176. The minimum atomic E-state index is -0.277. The molecule has 6 heteroatoms. The molecule has 6 nitrogen and oxygen atoms in total. The molecule has 0 aliphatic heterocycles. The molecular weight excluding hydrogens is 296 g/mol. The van der Waals surface area contributed by atoms with Crippen LogP contribution in [0.5, 0.6) is 11.5 Å². The summed E-state index contributed by atoms with van der Waals surface area (Å²) in [6, 6.07) is 14.5. The van der Waals surface area contributed by atoms with E-state index in [2.05, 4.69) is 10.5 Å². The molecule has 2 aromatic rings. The summed E-state index contributed by atoms with van der Waals surface area (Å²) < 4.78 is 10.3. The molecule has 0 heterocycles. The normalized spacial score (nSPS) is 10.3. The molecule has 0 unspecified atom stereocenters. The molecule has 0 aliphatic rings. The van der Waals surface area contributed by atoms with Gasteiger partial charge in [-0.25, -0.2) is 0 Å². The van der Waals surface area contributed by atoms with E-state index < -0.39 is 0 Å². The Balaban J connectivity index is 1.83. The molecule has 1 N–H and O–H groups in total. The van der Waals surface area contributed by atoms with Crippen molar-refractivity contribution in [3.63, 3.8) is 0 Å². The van der Waals surface area contributed by atoms with E-state index in [9.17, 15) is 4.79 Å². The number of para-hydroxylation sites is 1. The van der Waals surface area contributed by atoms with E-state index >= 15 is 0 Å². The summed E-state index contributed by atoms with van der Waals surface area (Å²) in [5, 5.41) is 6.47. The van der Waals surface area contributed by atoms with Crippen molar-refractivity contribution in [3.8, 4) is 11.5 Å². The minimum Gasteiger partial charge on any atom is -0.493 e. The molecule has 0 aromatic heterocycles. The van der Waals surface area contributed by atoms with E-state index in [1.807, 2.05) is 18.2 Å².